The second kappa shape index (κ2) is 4.43. The summed E-state index contributed by atoms with van der Waals surface area (Å²) in [5.41, 5.74) is 1.41. The number of aliphatic imine (C=N–C) groups is 1. The molecule has 0 saturated heterocycles. The predicted molar refractivity (Wildman–Crippen MR) is 58.2 cm³/mol. The van der Waals surface area contributed by atoms with Crippen molar-refractivity contribution >= 4 is 11.4 Å². The lowest BCUT2D eigenvalue weighted by Crippen LogP contribution is -2.03. The highest BCUT2D eigenvalue weighted by atomic mass is 19.1. The second-order valence-corrected chi connectivity index (χ2v) is 3.87. The molecule has 0 aliphatic heterocycles. The highest BCUT2D eigenvalue weighted by Gasteiger charge is 2.08. The van der Waals surface area contributed by atoms with Crippen LogP contribution in [0.1, 0.15) is 32.1 Å². The zero-order chi connectivity index (χ0) is 10.7. The van der Waals surface area contributed by atoms with E-state index in [4.69, 9.17) is 5.11 Å². The molecule has 0 spiro atoms. The zero-order valence-corrected chi connectivity index (χ0v) is 8.54. The Hall–Kier alpha value is -1.38. The molecular formula is C12H14FNO. The Morgan fingerprint density at radius 2 is 1.87 bits per heavy atom. The SMILES string of the molecule is Oc1ccc(N=C2CCCCC2)c(F)c1. The minimum absolute atomic E-state index is 0.0555. The molecule has 15 heavy (non-hydrogen) atoms. The molecule has 1 fully saturated rings. The van der Waals surface area contributed by atoms with Gasteiger partial charge in [-0.15, -0.1) is 0 Å². The van der Waals surface area contributed by atoms with E-state index in [0.29, 0.717) is 5.69 Å². The Morgan fingerprint density at radius 3 is 2.53 bits per heavy atom. The number of aromatic hydroxyl groups is 1. The third-order valence-corrected chi connectivity index (χ3v) is 2.64. The fourth-order valence-electron chi connectivity index (χ4n) is 1.83. The number of phenolic OH excluding ortho intramolecular Hbond substituents is 1. The fourth-order valence-corrected chi connectivity index (χ4v) is 1.83. The molecule has 0 radical (unpaired) electrons. The summed E-state index contributed by atoms with van der Waals surface area (Å²) in [6, 6.07) is 4.08. The first-order chi connectivity index (χ1) is 7.25. The van der Waals surface area contributed by atoms with Crippen molar-refractivity contribution in [2.45, 2.75) is 32.1 Å². The molecule has 1 aromatic carbocycles. The van der Waals surface area contributed by atoms with Gasteiger partial charge < -0.3 is 5.11 Å². The molecule has 2 rings (SSSR count). The van der Waals surface area contributed by atoms with Crippen molar-refractivity contribution in [1.82, 2.24) is 0 Å². The van der Waals surface area contributed by atoms with Gasteiger partial charge >= 0.3 is 0 Å². The summed E-state index contributed by atoms with van der Waals surface area (Å²) < 4.78 is 13.3. The van der Waals surface area contributed by atoms with Gasteiger partial charge in [0, 0.05) is 11.8 Å². The van der Waals surface area contributed by atoms with Gasteiger partial charge in [0.2, 0.25) is 0 Å². The summed E-state index contributed by atoms with van der Waals surface area (Å²) in [7, 11) is 0. The average Bonchev–Trinajstić information content (AvgIpc) is 2.24. The van der Waals surface area contributed by atoms with Crippen molar-refractivity contribution in [3.05, 3.63) is 24.0 Å². The molecule has 1 aliphatic rings. The van der Waals surface area contributed by atoms with Crippen LogP contribution >= 0.6 is 0 Å². The van der Waals surface area contributed by atoms with Crippen molar-refractivity contribution in [3.63, 3.8) is 0 Å². The van der Waals surface area contributed by atoms with Crippen LogP contribution in [0.5, 0.6) is 5.75 Å². The number of hydrogen-bond donors (Lipinski definition) is 1. The number of rotatable bonds is 1. The van der Waals surface area contributed by atoms with E-state index in [1.54, 1.807) is 0 Å². The summed E-state index contributed by atoms with van der Waals surface area (Å²) >= 11 is 0. The molecule has 3 heteroatoms. The van der Waals surface area contributed by atoms with Crippen molar-refractivity contribution < 1.29 is 9.50 Å². The monoisotopic (exact) mass is 207 g/mol. The Balaban J connectivity index is 2.22. The molecule has 2 nitrogen and oxygen atoms in total. The first-order valence-electron chi connectivity index (χ1n) is 5.30. The predicted octanol–water partition coefficient (Wildman–Crippen LogP) is 3.57. The molecule has 0 aromatic heterocycles. The summed E-state index contributed by atoms with van der Waals surface area (Å²) in [6.07, 6.45) is 5.49. The van der Waals surface area contributed by atoms with E-state index < -0.39 is 5.82 Å². The van der Waals surface area contributed by atoms with Crippen LogP contribution in [0.25, 0.3) is 0 Å². The fraction of sp³-hybridized carbons (Fsp3) is 0.417. The van der Waals surface area contributed by atoms with Gasteiger partial charge in [0.25, 0.3) is 0 Å². The van der Waals surface area contributed by atoms with Crippen molar-refractivity contribution in [2.24, 2.45) is 4.99 Å². The Kier molecular flexibility index (Phi) is 2.99. The van der Waals surface area contributed by atoms with Gasteiger partial charge in [0.1, 0.15) is 5.75 Å². The lowest BCUT2D eigenvalue weighted by atomic mass is 9.98. The van der Waals surface area contributed by atoms with E-state index in [0.717, 1.165) is 37.5 Å². The quantitative estimate of drug-likeness (QED) is 0.750. The molecule has 1 N–H and O–H groups in total. The Bertz CT molecular complexity index is 379. The normalized spacial score (nSPS) is 16.5. The summed E-state index contributed by atoms with van der Waals surface area (Å²) in [5, 5.41) is 9.05. The maximum atomic E-state index is 13.3. The lowest BCUT2D eigenvalue weighted by Gasteiger charge is -2.12. The van der Waals surface area contributed by atoms with Gasteiger partial charge in [0.05, 0.1) is 5.69 Å². The van der Waals surface area contributed by atoms with E-state index in [-0.39, 0.29) is 5.75 Å². The minimum Gasteiger partial charge on any atom is -0.508 e. The van der Waals surface area contributed by atoms with Crippen LogP contribution in [0, 0.1) is 5.82 Å². The van der Waals surface area contributed by atoms with E-state index in [1.165, 1.54) is 18.6 Å². The van der Waals surface area contributed by atoms with E-state index >= 15 is 0 Å². The molecule has 0 amide bonds. The van der Waals surface area contributed by atoms with Gasteiger partial charge in [0.15, 0.2) is 5.82 Å². The number of hydrogen-bond acceptors (Lipinski definition) is 2. The highest BCUT2D eigenvalue weighted by molar-refractivity contribution is 5.87. The van der Waals surface area contributed by atoms with Gasteiger partial charge in [-0.1, -0.05) is 6.42 Å². The molecule has 80 valence electrons. The van der Waals surface area contributed by atoms with Gasteiger partial charge in [-0.25, -0.2) is 4.39 Å². The number of halogens is 1. The van der Waals surface area contributed by atoms with Crippen molar-refractivity contribution in [2.75, 3.05) is 0 Å². The lowest BCUT2D eigenvalue weighted by molar-refractivity contribution is 0.469. The average molecular weight is 207 g/mol. The van der Waals surface area contributed by atoms with Crippen molar-refractivity contribution in [1.29, 1.82) is 0 Å². The van der Waals surface area contributed by atoms with Crippen molar-refractivity contribution in [3.8, 4) is 5.75 Å². The first-order valence-corrected chi connectivity index (χ1v) is 5.30. The summed E-state index contributed by atoms with van der Waals surface area (Å²) in [5.74, 6) is -0.506. The maximum absolute atomic E-state index is 13.3. The van der Waals surface area contributed by atoms with Crippen LogP contribution in [-0.2, 0) is 0 Å². The molecular weight excluding hydrogens is 193 g/mol. The van der Waals surface area contributed by atoms with Crippen LogP contribution in [-0.4, -0.2) is 10.8 Å². The molecule has 0 unspecified atom stereocenters. The number of phenols is 1. The van der Waals surface area contributed by atoms with E-state index in [9.17, 15) is 4.39 Å². The Labute approximate surface area is 88.5 Å². The van der Waals surface area contributed by atoms with Crippen LogP contribution in [0.3, 0.4) is 0 Å². The van der Waals surface area contributed by atoms with Crippen LogP contribution in [0.4, 0.5) is 10.1 Å². The molecule has 1 saturated carbocycles. The van der Waals surface area contributed by atoms with E-state index in [2.05, 4.69) is 4.99 Å². The molecule has 0 atom stereocenters. The van der Waals surface area contributed by atoms with Gasteiger partial charge in [-0.05, 0) is 37.8 Å². The molecule has 1 aromatic rings. The molecule has 1 aliphatic carbocycles. The third-order valence-electron chi connectivity index (χ3n) is 2.64. The van der Waals surface area contributed by atoms with Crippen LogP contribution < -0.4 is 0 Å². The second-order valence-electron chi connectivity index (χ2n) is 3.87. The number of benzene rings is 1. The topological polar surface area (TPSA) is 32.6 Å². The minimum atomic E-state index is -0.451. The third kappa shape index (κ3) is 2.55. The first kappa shape index (κ1) is 10.1. The molecule has 0 heterocycles. The Morgan fingerprint density at radius 1 is 1.13 bits per heavy atom. The van der Waals surface area contributed by atoms with E-state index in [1.807, 2.05) is 0 Å². The summed E-state index contributed by atoms with van der Waals surface area (Å²) in [6.45, 7) is 0. The largest absolute Gasteiger partial charge is 0.508 e. The number of nitrogens with zero attached hydrogens (tertiary/aromatic N) is 1. The highest BCUT2D eigenvalue weighted by Crippen LogP contribution is 2.25. The molecule has 0 bridgehead atoms. The summed E-state index contributed by atoms with van der Waals surface area (Å²) in [4.78, 5) is 4.29. The standard InChI is InChI=1S/C12H14FNO/c13-11-8-10(15)6-7-12(11)14-9-4-2-1-3-5-9/h6-8,15H,1-5H2. The smallest absolute Gasteiger partial charge is 0.152 e. The zero-order valence-electron chi connectivity index (χ0n) is 8.54. The maximum Gasteiger partial charge on any atom is 0.152 e. The van der Waals surface area contributed by atoms with Gasteiger partial charge in [-0.3, -0.25) is 4.99 Å². The van der Waals surface area contributed by atoms with Gasteiger partial charge in [-0.2, -0.15) is 0 Å². The van der Waals surface area contributed by atoms with Crippen LogP contribution in [0.15, 0.2) is 23.2 Å². The van der Waals surface area contributed by atoms with Crippen LogP contribution in [0.2, 0.25) is 0 Å².